The Morgan fingerprint density at radius 3 is 2.81 bits per heavy atom. The van der Waals surface area contributed by atoms with Crippen LogP contribution in [0.15, 0.2) is 18.2 Å². The standard InChI is InChI=1S/C15H20N2O4/c1-3-4-9-7-12(9)16-15(20)17-13-8-10(21-2)5-6-11(13)14(18)19/h5-6,8-9,12H,3-4,7H2,1-2H3,(H,18,19)(H2,16,17,20). The van der Waals surface area contributed by atoms with Gasteiger partial charge in [-0.2, -0.15) is 0 Å². The largest absolute Gasteiger partial charge is 0.497 e. The molecule has 0 radical (unpaired) electrons. The predicted molar refractivity (Wildman–Crippen MR) is 78.9 cm³/mol. The molecule has 2 amide bonds. The third-order valence-electron chi connectivity index (χ3n) is 3.60. The van der Waals surface area contributed by atoms with E-state index in [0.717, 1.165) is 19.3 Å². The lowest BCUT2D eigenvalue weighted by atomic mass is 10.1. The fourth-order valence-electron chi connectivity index (χ4n) is 2.38. The molecule has 6 nitrogen and oxygen atoms in total. The zero-order chi connectivity index (χ0) is 15.4. The number of methoxy groups -OCH3 is 1. The van der Waals surface area contributed by atoms with Gasteiger partial charge in [0.05, 0.1) is 18.4 Å². The van der Waals surface area contributed by atoms with Crippen LogP contribution in [0.2, 0.25) is 0 Å². The predicted octanol–water partition coefficient (Wildman–Crippen LogP) is 2.70. The fraction of sp³-hybridized carbons (Fsp3) is 0.467. The van der Waals surface area contributed by atoms with Gasteiger partial charge in [0.1, 0.15) is 5.75 Å². The molecule has 1 saturated carbocycles. The second-order valence-electron chi connectivity index (χ2n) is 5.21. The van der Waals surface area contributed by atoms with Crippen LogP contribution in [0, 0.1) is 5.92 Å². The van der Waals surface area contributed by atoms with Gasteiger partial charge in [0.25, 0.3) is 0 Å². The molecule has 2 unspecified atom stereocenters. The Hall–Kier alpha value is -2.24. The van der Waals surface area contributed by atoms with E-state index in [1.165, 1.54) is 19.2 Å². The van der Waals surface area contributed by atoms with Crippen molar-refractivity contribution in [1.82, 2.24) is 5.32 Å². The van der Waals surface area contributed by atoms with E-state index in [2.05, 4.69) is 17.6 Å². The number of amides is 2. The van der Waals surface area contributed by atoms with Gasteiger partial charge >= 0.3 is 12.0 Å². The lowest BCUT2D eigenvalue weighted by molar-refractivity contribution is 0.0698. The van der Waals surface area contributed by atoms with Gasteiger partial charge in [-0.15, -0.1) is 0 Å². The first kappa shape index (κ1) is 15.2. The second kappa shape index (κ2) is 6.47. The molecule has 1 aromatic rings. The minimum Gasteiger partial charge on any atom is -0.497 e. The highest BCUT2D eigenvalue weighted by atomic mass is 16.5. The number of aromatic carboxylic acids is 1. The molecule has 0 bridgehead atoms. The van der Waals surface area contributed by atoms with Crippen LogP contribution in [-0.2, 0) is 0 Å². The molecule has 2 rings (SSSR count). The Balaban J connectivity index is 2.01. The van der Waals surface area contributed by atoms with Crippen molar-refractivity contribution in [2.24, 2.45) is 5.92 Å². The molecule has 0 aromatic heterocycles. The SMILES string of the molecule is CCCC1CC1NC(=O)Nc1cc(OC)ccc1C(=O)O. The van der Waals surface area contributed by atoms with Crippen molar-refractivity contribution in [2.45, 2.75) is 32.2 Å². The number of hydrogen-bond donors (Lipinski definition) is 3. The zero-order valence-electron chi connectivity index (χ0n) is 12.2. The number of anilines is 1. The molecule has 2 atom stereocenters. The van der Waals surface area contributed by atoms with Crippen LogP contribution in [0.1, 0.15) is 36.5 Å². The van der Waals surface area contributed by atoms with Crippen LogP contribution < -0.4 is 15.4 Å². The van der Waals surface area contributed by atoms with Crippen molar-refractivity contribution in [3.05, 3.63) is 23.8 Å². The van der Waals surface area contributed by atoms with E-state index in [9.17, 15) is 9.59 Å². The molecule has 1 aliphatic rings. The number of carboxylic acid groups (broad SMARTS) is 1. The normalized spacial score (nSPS) is 19.7. The maximum Gasteiger partial charge on any atom is 0.337 e. The van der Waals surface area contributed by atoms with Gasteiger partial charge in [0.15, 0.2) is 0 Å². The third-order valence-corrected chi connectivity index (χ3v) is 3.60. The Morgan fingerprint density at radius 1 is 1.43 bits per heavy atom. The Morgan fingerprint density at radius 2 is 2.19 bits per heavy atom. The molecule has 1 aromatic carbocycles. The highest BCUT2D eigenvalue weighted by Gasteiger charge is 2.37. The molecule has 114 valence electrons. The van der Waals surface area contributed by atoms with Gasteiger partial charge in [-0.05, 0) is 30.9 Å². The van der Waals surface area contributed by atoms with Crippen molar-refractivity contribution in [2.75, 3.05) is 12.4 Å². The van der Waals surface area contributed by atoms with E-state index in [1.54, 1.807) is 6.07 Å². The number of benzene rings is 1. The lowest BCUT2D eigenvalue weighted by Gasteiger charge is -2.11. The van der Waals surface area contributed by atoms with Gasteiger partial charge in [-0.1, -0.05) is 13.3 Å². The molecule has 21 heavy (non-hydrogen) atoms. The van der Waals surface area contributed by atoms with Crippen LogP contribution in [0.3, 0.4) is 0 Å². The van der Waals surface area contributed by atoms with Crippen molar-refractivity contribution in [1.29, 1.82) is 0 Å². The van der Waals surface area contributed by atoms with Crippen molar-refractivity contribution in [3.63, 3.8) is 0 Å². The smallest absolute Gasteiger partial charge is 0.337 e. The van der Waals surface area contributed by atoms with Crippen LogP contribution in [0.5, 0.6) is 5.75 Å². The molecular formula is C15H20N2O4. The van der Waals surface area contributed by atoms with Crippen LogP contribution in [-0.4, -0.2) is 30.3 Å². The summed E-state index contributed by atoms with van der Waals surface area (Å²) >= 11 is 0. The lowest BCUT2D eigenvalue weighted by Crippen LogP contribution is -2.32. The molecule has 3 N–H and O–H groups in total. The highest BCUT2D eigenvalue weighted by Crippen LogP contribution is 2.34. The number of carbonyl (C=O) groups is 2. The highest BCUT2D eigenvalue weighted by molar-refractivity contribution is 6.00. The van der Waals surface area contributed by atoms with Crippen molar-refractivity contribution < 1.29 is 19.4 Å². The Kier molecular flexibility index (Phi) is 4.67. The number of rotatable bonds is 6. The number of nitrogens with one attached hydrogen (secondary N) is 2. The van der Waals surface area contributed by atoms with E-state index in [4.69, 9.17) is 9.84 Å². The summed E-state index contributed by atoms with van der Waals surface area (Å²) in [4.78, 5) is 23.1. The number of carboxylic acids is 1. The molecule has 1 fully saturated rings. The molecule has 6 heteroatoms. The first-order valence-electron chi connectivity index (χ1n) is 7.04. The van der Waals surface area contributed by atoms with Crippen LogP contribution >= 0.6 is 0 Å². The number of ether oxygens (including phenoxy) is 1. The molecule has 1 aliphatic carbocycles. The Bertz CT molecular complexity index is 544. The van der Waals surface area contributed by atoms with Gasteiger partial charge in [-0.25, -0.2) is 9.59 Å². The summed E-state index contributed by atoms with van der Waals surface area (Å²) in [5.41, 5.74) is 0.263. The average Bonchev–Trinajstić information content (AvgIpc) is 3.16. The average molecular weight is 292 g/mol. The molecular weight excluding hydrogens is 272 g/mol. The van der Waals surface area contributed by atoms with Gasteiger partial charge in [0, 0.05) is 12.1 Å². The van der Waals surface area contributed by atoms with Gasteiger partial charge in [0.2, 0.25) is 0 Å². The Labute approximate surface area is 123 Å². The summed E-state index contributed by atoms with van der Waals surface area (Å²) in [6.07, 6.45) is 3.19. The zero-order valence-corrected chi connectivity index (χ0v) is 12.2. The second-order valence-corrected chi connectivity index (χ2v) is 5.21. The molecule has 0 saturated heterocycles. The molecule has 0 spiro atoms. The topological polar surface area (TPSA) is 87.7 Å². The maximum absolute atomic E-state index is 11.9. The molecule has 0 aliphatic heterocycles. The minimum absolute atomic E-state index is 0.0341. The summed E-state index contributed by atoms with van der Waals surface area (Å²) in [5, 5.41) is 14.6. The van der Waals surface area contributed by atoms with Crippen molar-refractivity contribution in [3.8, 4) is 5.75 Å². The summed E-state index contributed by atoms with van der Waals surface area (Å²) < 4.78 is 5.05. The minimum atomic E-state index is -1.09. The van der Waals surface area contributed by atoms with Crippen LogP contribution in [0.4, 0.5) is 10.5 Å². The van der Waals surface area contributed by atoms with Gasteiger partial charge < -0.3 is 20.5 Å². The van der Waals surface area contributed by atoms with E-state index in [-0.39, 0.29) is 23.3 Å². The summed E-state index contributed by atoms with van der Waals surface area (Å²) in [6, 6.07) is 4.27. The van der Waals surface area contributed by atoms with Gasteiger partial charge in [-0.3, -0.25) is 0 Å². The first-order chi connectivity index (χ1) is 10.0. The monoisotopic (exact) mass is 292 g/mol. The van der Waals surface area contributed by atoms with E-state index >= 15 is 0 Å². The number of hydrogen-bond acceptors (Lipinski definition) is 3. The van der Waals surface area contributed by atoms with Crippen LogP contribution in [0.25, 0.3) is 0 Å². The third kappa shape index (κ3) is 3.87. The van der Waals surface area contributed by atoms with E-state index in [1.807, 2.05) is 0 Å². The number of urea groups is 1. The number of carbonyl (C=O) groups excluding carboxylic acids is 1. The quantitative estimate of drug-likeness (QED) is 0.752. The van der Waals surface area contributed by atoms with Crippen molar-refractivity contribution >= 4 is 17.7 Å². The first-order valence-corrected chi connectivity index (χ1v) is 7.04. The summed E-state index contributed by atoms with van der Waals surface area (Å²) in [6.45, 7) is 2.12. The maximum atomic E-state index is 11.9. The molecule has 0 heterocycles. The van der Waals surface area contributed by atoms with E-state index in [0.29, 0.717) is 11.7 Å². The fourth-order valence-corrected chi connectivity index (χ4v) is 2.38. The van der Waals surface area contributed by atoms with E-state index < -0.39 is 5.97 Å². The summed E-state index contributed by atoms with van der Waals surface area (Å²) in [7, 11) is 1.49. The summed E-state index contributed by atoms with van der Waals surface area (Å²) in [5.74, 6) is -0.0566.